The lowest BCUT2D eigenvalue weighted by molar-refractivity contribution is -0.115. The van der Waals surface area contributed by atoms with Crippen LogP contribution in [0, 0.1) is 5.82 Å². The molecule has 1 spiro atoms. The number of hydrogen-bond donors (Lipinski definition) is 1. The second-order valence-corrected chi connectivity index (χ2v) is 9.19. The summed E-state index contributed by atoms with van der Waals surface area (Å²) in [5, 5.41) is 3.20. The SMILES string of the molecule is O=C1NC2(CCN(S(=O)(=O)c3cccc(Cl)c3)CC2)N=C1c1cccc(F)c1. The lowest BCUT2D eigenvalue weighted by Crippen LogP contribution is -2.52. The zero-order valence-electron chi connectivity index (χ0n) is 14.7. The third-order valence-corrected chi connectivity index (χ3v) is 7.10. The normalized spacial score (nSPS) is 19.5. The van der Waals surface area contributed by atoms with Gasteiger partial charge in [-0.15, -0.1) is 0 Å². The number of piperidine rings is 1. The van der Waals surface area contributed by atoms with Crippen molar-refractivity contribution in [2.45, 2.75) is 23.4 Å². The highest BCUT2D eigenvalue weighted by Crippen LogP contribution is 2.31. The van der Waals surface area contributed by atoms with Crippen LogP contribution >= 0.6 is 11.6 Å². The van der Waals surface area contributed by atoms with Gasteiger partial charge in [0.25, 0.3) is 5.91 Å². The van der Waals surface area contributed by atoms with Crippen LogP contribution < -0.4 is 5.32 Å². The highest BCUT2D eigenvalue weighted by molar-refractivity contribution is 7.89. The molecule has 0 unspecified atom stereocenters. The Morgan fingerprint density at radius 1 is 1.11 bits per heavy atom. The summed E-state index contributed by atoms with van der Waals surface area (Å²) in [6.45, 7) is 0.407. The van der Waals surface area contributed by atoms with E-state index < -0.39 is 21.5 Å². The zero-order valence-corrected chi connectivity index (χ0v) is 16.3. The van der Waals surface area contributed by atoms with Crippen molar-refractivity contribution in [2.75, 3.05) is 13.1 Å². The average molecular weight is 422 g/mol. The summed E-state index contributed by atoms with van der Waals surface area (Å²) in [5.74, 6) is -0.826. The Kier molecular flexibility index (Phi) is 4.73. The van der Waals surface area contributed by atoms with E-state index in [1.54, 1.807) is 18.2 Å². The number of carbonyl (C=O) groups is 1. The van der Waals surface area contributed by atoms with Crippen molar-refractivity contribution in [1.29, 1.82) is 0 Å². The second kappa shape index (κ2) is 6.95. The lowest BCUT2D eigenvalue weighted by Gasteiger charge is -2.36. The number of hydrogen-bond acceptors (Lipinski definition) is 4. The summed E-state index contributed by atoms with van der Waals surface area (Å²) < 4.78 is 40.5. The summed E-state index contributed by atoms with van der Waals surface area (Å²) in [4.78, 5) is 17.0. The number of nitrogens with one attached hydrogen (secondary N) is 1. The van der Waals surface area contributed by atoms with Gasteiger partial charge in [0.15, 0.2) is 0 Å². The molecule has 146 valence electrons. The van der Waals surface area contributed by atoms with Crippen LogP contribution in [0.25, 0.3) is 0 Å². The van der Waals surface area contributed by atoms with E-state index in [1.807, 2.05) is 0 Å². The van der Waals surface area contributed by atoms with Crippen molar-refractivity contribution < 1.29 is 17.6 Å². The third-order valence-electron chi connectivity index (χ3n) is 4.97. The predicted octanol–water partition coefficient (Wildman–Crippen LogP) is 2.58. The van der Waals surface area contributed by atoms with Crippen molar-refractivity contribution in [3.05, 3.63) is 64.9 Å². The molecule has 2 aliphatic rings. The molecular formula is C19H17ClFN3O3S. The van der Waals surface area contributed by atoms with Gasteiger partial charge in [0.2, 0.25) is 10.0 Å². The van der Waals surface area contributed by atoms with Gasteiger partial charge in [0.05, 0.1) is 4.90 Å². The standard InChI is InChI=1S/C19H17ClFN3O3S/c20-14-4-2-6-16(12-14)28(26,27)24-9-7-19(8-10-24)22-17(18(25)23-19)13-3-1-5-15(21)11-13/h1-6,11-12H,7-10H2,(H,23,25). The van der Waals surface area contributed by atoms with Crippen molar-refractivity contribution in [1.82, 2.24) is 9.62 Å². The monoisotopic (exact) mass is 421 g/mol. The highest BCUT2D eigenvalue weighted by atomic mass is 35.5. The smallest absolute Gasteiger partial charge is 0.272 e. The van der Waals surface area contributed by atoms with E-state index in [4.69, 9.17) is 11.6 Å². The summed E-state index contributed by atoms with van der Waals surface area (Å²) in [6.07, 6.45) is 0.661. The summed E-state index contributed by atoms with van der Waals surface area (Å²) in [6, 6.07) is 11.8. The van der Waals surface area contributed by atoms with Crippen molar-refractivity contribution in [2.24, 2.45) is 4.99 Å². The number of carbonyl (C=O) groups excluding carboxylic acids is 1. The molecule has 2 aromatic carbocycles. The molecule has 0 bridgehead atoms. The first-order chi connectivity index (χ1) is 13.3. The molecule has 9 heteroatoms. The van der Waals surface area contributed by atoms with Gasteiger partial charge in [-0.2, -0.15) is 4.31 Å². The minimum atomic E-state index is -3.68. The van der Waals surface area contributed by atoms with Gasteiger partial charge in [-0.1, -0.05) is 29.8 Å². The molecule has 0 radical (unpaired) electrons. The molecule has 1 fully saturated rings. The second-order valence-electron chi connectivity index (χ2n) is 6.82. The maximum atomic E-state index is 13.5. The van der Waals surface area contributed by atoms with Crippen molar-refractivity contribution in [3.8, 4) is 0 Å². The first-order valence-corrected chi connectivity index (χ1v) is 10.5. The number of sulfonamides is 1. The molecule has 0 saturated carbocycles. The maximum absolute atomic E-state index is 13.5. The molecule has 2 heterocycles. The molecule has 1 amide bonds. The van der Waals surface area contributed by atoms with Crippen LogP contribution in [0.3, 0.4) is 0 Å². The van der Waals surface area contributed by atoms with E-state index in [9.17, 15) is 17.6 Å². The number of nitrogens with zero attached hydrogens (tertiary/aromatic N) is 2. The minimum Gasteiger partial charge on any atom is -0.326 e. The van der Waals surface area contributed by atoms with Crippen LogP contribution in [-0.2, 0) is 14.8 Å². The van der Waals surface area contributed by atoms with E-state index >= 15 is 0 Å². The molecule has 4 rings (SSSR count). The van der Waals surface area contributed by atoms with Gasteiger partial charge in [0.1, 0.15) is 17.2 Å². The first-order valence-electron chi connectivity index (χ1n) is 8.73. The van der Waals surface area contributed by atoms with Crippen LogP contribution in [0.5, 0.6) is 0 Å². The van der Waals surface area contributed by atoms with Gasteiger partial charge in [-0.05, 0) is 30.3 Å². The third kappa shape index (κ3) is 3.43. The zero-order chi connectivity index (χ0) is 19.9. The molecule has 6 nitrogen and oxygen atoms in total. The molecular weight excluding hydrogens is 405 g/mol. The van der Waals surface area contributed by atoms with Gasteiger partial charge >= 0.3 is 0 Å². The van der Waals surface area contributed by atoms with E-state index in [-0.39, 0.29) is 29.6 Å². The van der Waals surface area contributed by atoms with Crippen LogP contribution in [0.1, 0.15) is 18.4 Å². The molecule has 2 aromatic rings. The van der Waals surface area contributed by atoms with Gasteiger partial charge in [-0.3, -0.25) is 9.79 Å². The molecule has 1 saturated heterocycles. The Morgan fingerprint density at radius 3 is 2.50 bits per heavy atom. The molecule has 2 aliphatic heterocycles. The fourth-order valence-corrected chi connectivity index (χ4v) is 5.25. The van der Waals surface area contributed by atoms with E-state index in [0.717, 1.165) is 0 Å². The molecule has 0 aromatic heterocycles. The summed E-state index contributed by atoms with van der Waals surface area (Å²) in [5.41, 5.74) is -0.284. The largest absolute Gasteiger partial charge is 0.326 e. The number of rotatable bonds is 3. The number of aliphatic imine (C=N–C) groups is 1. The van der Waals surface area contributed by atoms with Crippen LogP contribution in [0.2, 0.25) is 5.02 Å². The van der Waals surface area contributed by atoms with Crippen LogP contribution in [0.15, 0.2) is 58.4 Å². The number of amides is 1. The molecule has 0 aliphatic carbocycles. The van der Waals surface area contributed by atoms with Gasteiger partial charge in [-0.25, -0.2) is 12.8 Å². The minimum absolute atomic E-state index is 0.135. The predicted molar refractivity (Wildman–Crippen MR) is 103 cm³/mol. The van der Waals surface area contributed by atoms with Crippen molar-refractivity contribution >= 4 is 33.2 Å². The van der Waals surface area contributed by atoms with E-state index in [2.05, 4.69) is 10.3 Å². The topological polar surface area (TPSA) is 78.8 Å². The fourth-order valence-electron chi connectivity index (χ4n) is 3.50. The Bertz CT molecular complexity index is 1080. The Hall–Kier alpha value is -2.29. The quantitative estimate of drug-likeness (QED) is 0.827. The summed E-state index contributed by atoms with van der Waals surface area (Å²) in [7, 11) is -3.68. The Balaban J connectivity index is 1.55. The van der Waals surface area contributed by atoms with E-state index in [1.165, 1.54) is 34.6 Å². The van der Waals surface area contributed by atoms with Crippen LogP contribution in [0.4, 0.5) is 4.39 Å². The highest BCUT2D eigenvalue weighted by Gasteiger charge is 2.44. The number of halogens is 2. The Morgan fingerprint density at radius 2 is 1.82 bits per heavy atom. The van der Waals surface area contributed by atoms with Crippen molar-refractivity contribution in [3.63, 3.8) is 0 Å². The molecule has 0 atom stereocenters. The lowest BCUT2D eigenvalue weighted by atomic mass is 10.00. The molecule has 28 heavy (non-hydrogen) atoms. The maximum Gasteiger partial charge on any atom is 0.272 e. The Labute approximate surface area is 167 Å². The van der Waals surface area contributed by atoms with E-state index in [0.29, 0.717) is 23.4 Å². The summed E-state index contributed by atoms with van der Waals surface area (Å²) >= 11 is 5.91. The van der Waals surface area contributed by atoms with Gasteiger partial charge in [0, 0.05) is 36.5 Å². The average Bonchev–Trinajstić information content (AvgIpc) is 2.98. The molecule has 1 N–H and O–H groups in total. The first kappa shape index (κ1) is 19.0. The van der Waals surface area contributed by atoms with Crippen LogP contribution in [-0.4, -0.2) is 43.1 Å². The number of benzene rings is 2. The van der Waals surface area contributed by atoms with Gasteiger partial charge < -0.3 is 5.32 Å². The fraction of sp³-hybridized carbons (Fsp3) is 0.263.